The van der Waals surface area contributed by atoms with E-state index in [9.17, 15) is 0 Å². The third-order valence-electron chi connectivity index (χ3n) is 4.37. The molecule has 3 nitrogen and oxygen atoms in total. The molecule has 3 heteroatoms. The first-order valence-electron chi connectivity index (χ1n) is 8.05. The first-order valence-corrected chi connectivity index (χ1v) is 8.05. The van der Waals surface area contributed by atoms with Gasteiger partial charge in [-0.05, 0) is 38.3 Å². The second-order valence-electron chi connectivity index (χ2n) is 5.79. The highest BCUT2D eigenvalue weighted by atomic mass is 15.3. The van der Waals surface area contributed by atoms with E-state index in [4.69, 9.17) is 0 Å². The fourth-order valence-corrected chi connectivity index (χ4v) is 3.04. The molecule has 1 aromatic heterocycles. The molecule has 0 saturated heterocycles. The van der Waals surface area contributed by atoms with E-state index in [1.165, 1.54) is 37.1 Å². The molecule has 1 N–H and O–H groups in total. The highest BCUT2D eigenvalue weighted by Crippen LogP contribution is 2.31. The SMILES string of the molecule is CCNC(Cc1cc(CC)nn1CC)CC1CCC1. The first-order chi connectivity index (χ1) is 9.26. The predicted molar refractivity (Wildman–Crippen MR) is 80.4 cm³/mol. The number of rotatable bonds is 8. The van der Waals surface area contributed by atoms with Gasteiger partial charge in [0.15, 0.2) is 0 Å². The van der Waals surface area contributed by atoms with E-state index in [0.29, 0.717) is 6.04 Å². The van der Waals surface area contributed by atoms with Crippen LogP contribution in [0.2, 0.25) is 0 Å². The van der Waals surface area contributed by atoms with Crippen LogP contribution in [0.4, 0.5) is 0 Å². The molecule has 1 unspecified atom stereocenters. The van der Waals surface area contributed by atoms with E-state index in [0.717, 1.165) is 31.8 Å². The van der Waals surface area contributed by atoms with Crippen molar-refractivity contribution in [3.05, 3.63) is 17.5 Å². The summed E-state index contributed by atoms with van der Waals surface area (Å²) in [5.41, 5.74) is 2.64. The summed E-state index contributed by atoms with van der Waals surface area (Å²) in [6.07, 6.45) is 7.82. The Balaban J connectivity index is 1.99. The van der Waals surface area contributed by atoms with E-state index in [1.54, 1.807) is 0 Å². The van der Waals surface area contributed by atoms with Crippen molar-refractivity contribution in [3.8, 4) is 0 Å². The van der Waals surface area contributed by atoms with Crippen LogP contribution in [0.3, 0.4) is 0 Å². The minimum absolute atomic E-state index is 0.627. The predicted octanol–water partition coefficient (Wildman–Crippen LogP) is 3.18. The maximum Gasteiger partial charge on any atom is 0.0624 e. The highest BCUT2D eigenvalue weighted by molar-refractivity contribution is 5.12. The normalized spacial score (nSPS) is 17.4. The first kappa shape index (κ1) is 14.6. The lowest BCUT2D eigenvalue weighted by atomic mass is 9.80. The van der Waals surface area contributed by atoms with E-state index < -0.39 is 0 Å². The van der Waals surface area contributed by atoms with E-state index >= 15 is 0 Å². The molecule has 0 spiro atoms. The Kier molecular flexibility index (Phi) is 5.44. The number of hydrogen-bond donors (Lipinski definition) is 1. The molecule has 0 amide bonds. The van der Waals surface area contributed by atoms with Crippen LogP contribution in [0.25, 0.3) is 0 Å². The van der Waals surface area contributed by atoms with Gasteiger partial charge in [0.05, 0.1) is 5.69 Å². The van der Waals surface area contributed by atoms with Crippen molar-refractivity contribution in [2.45, 2.75) is 71.9 Å². The summed E-state index contributed by atoms with van der Waals surface area (Å²) in [4.78, 5) is 0. The van der Waals surface area contributed by atoms with Crippen LogP contribution in [0.15, 0.2) is 6.07 Å². The average Bonchev–Trinajstić information content (AvgIpc) is 2.76. The number of nitrogens with zero attached hydrogens (tertiary/aromatic N) is 2. The van der Waals surface area contributed by atoms with Gasteiger partial charge in [-0.15, -0.1) is 0 Å². The zero-order valence-electron chi connectivity index (χ0n) is 12.8. The van der Waals surface area contributed by atoms with Gasteiger partial charge in [-0.3, -0.25) is 4.68 Å². The standard InChI is InChI=1S/C16H29N3/c1-4-14-11-16(19(6-3)18-14)12-15(17-5-2)10-13-8-7-9-13/h11,13,15,17H,4-10,12H2,1-3H3. The van der Waals surface area contributed by atoms with Gasteiger partial charge in [0.1, 0.15) is 0 Å². The molecule has 1 heterocycles. The fourth-order valence-electron chi connectivity index (χ4n) is 3.04. The molecule has 1 aromatic rings. The summed E-state index contributed by atoms with van der Waals surface area (Å²) in [5, 5.41) is 8.33. The van der Waals surface area contributed by atoms with Crippen LogP contribution >= 0.6 is 0 Å². The molecule has 1 fully saturated rings. The summed E-state index contributed by atoms with van der Waals surface area (Å²) in [6, 6.07) is 2.93. The van der Waals surface area contributed by atoms with Crippen molar-refractivity contribution in [1.29, 1.82) is 0 Å². The molecule has 0 radical (unpaired) electrons. The van der Waals surface area contributed by atoms with Gasteiger partial charge in [-0.1, -0.05) is 33.1 Å². The molecule has 0 aliphatic heterocycles. The van der Waals surface area contributed by atoms with Crippen LogP contribution < -0.4 is 5.32 Å². The van der Waals surface area contributed by atoms with Crippen molar-refractivity contribution in [2.24, 2.45) is 5.92 Å². The number of aryl methyl sites for hydroxylation is 2. The maximum atomic E-state index is 4.66. The lowest BCUT2D eigenvalue weighted by Crippen LogP contribution is -2.35. The van der Waals surface area contributed by atoms with Crippen molar-refractivity contribution in [1.82, 2.24) is 15.1 Å². The quantitative estimate of drug-likeness (QED) is 0.780. The maximum absolute atomic E-state index is 4.66. The number of hydrogen-bond acceptors (Lipinski definition) is 2. The summed E-state index contributed by atoms with van der Waals surface area (Å²) in [6.45, 7) is 8.63. The van der Waals surface area contributed by atoms with Crippen LogP contribution in [0.1, 0.15) is 57.8 Å². The monoisotopic (exact) mass is 263 g/mol. The third-order valence-corrected chi connectivity index (χ3v) is 4.37. The Hall–Kier alpha value is -0.830. The molecule has 0 bridgehead atoms. The summed E-state index contributed by atoms with van der Waals surface area (Å²) < 4.78 is 2.18. The molecule has 1 aliphatic carbocycles. The molecular weight excluding hydrogens is 234 g/mol. The highest BCUT2D eigenvalue weighted by Gasteiger charge is 2.22. The minimum atomic E-state index is 0.627. The fraction of sp³-hybridized carbons (Fsp3) is 0.812. The van der Waals surface area contributed by atoms with Crippen LogP contribution in [0, 0.1) is 5.92 Å². The Morgan fingerprint density at radius 3 is 2.68 bits per heavy atom. The number of aromatic nitrogens is 2. The molecule has 108 valence electrons. The number of nitrogens with one attached hydrogen (secondary N) is 1. The summed E-state index contributed by atoms with van der Waals surface area (Å²) in [5.74, 6) is 0.965. The van der Waals surface area contributed by atoms with Gasteiger partial charge >= 0.3 is 0 Å². The van der Waals surface area contributed by atoms with E-state index in [2.05, 4.69) is 41.9 Å². The van der Waals surface area contributed by atoms with Crippen molar-refractivity contribution >= 4 is 0 Å². The lowest BCUT2D eigenvalue weighted by molar-refractivity contribution is 0.258. The van der Waals surface area contributed by atoms with Gasteiger partial charge in [0, 0.05) is 24.7 Å². The topological polar surface area (TPSA) is 29.9 Å². The van der Waals surface area contributed by atoms with Gasteiger partial charge in [0.2, 0.25) is 0 Å². The van der Waals surface area contributed by atoms with Crippen LogP contribution in [-0.4, -0.2) is 22.4 Å². The Morgan fingerprint density at radius 2 is 2.16 bits per heavy atom. The molecule has 2 rings (SSSR count). The van der Waals surface area contributed by atoms with Crippen molar-refractivity contribution in [2.75, 3.05) is 6.54 Å². The Bertz CT molecular complexity index is 379. The van der Waals surface area contributed by atoms with E-state index in [-0.39, 0.29) is 0 Å². The molecule has 1 atom stereocenters. The van der Waals surface area contributed by atoms with Gasteiger partial charge in [-0.25, -0.2) is 0 Å². The molecule has 1 saturated carbocycles. The number of likely N-dealkylation sites (N-methyl/N-ethyl adjacent to an activating group) is 1. The molecule has 19 heavy (non-hydrogen) atoms. The van der Waals surface area contributed by atoms with Gasteiger partial charge in [-0.2, -0.15) is 5.10 Å². The third kappa shape index (κ3) is 3.82. The Labute approximate surface area is 117 Å². The molecule has 0 aromatic carbocycles. The van der Waals surface area contributed by atoms with Crippen LogP contribution in [0.5, 0.6) is 0 Å². The average molecular weight is 263 g/mol. The van der Waals surface area contributed by atoms with Crippen molar-refractivity contribution < 1.29 is 0 Å². The lowest BCUT2D eigenvalue weighted by Gasteiger charge is -2.30. The summed E-state index contributed by atoms with van der Waals surface area (Å²) in [7, 11) is 0. The second-order valence-corrected chi connectivity index (χ2v) is 5.79. The zero-order valence-corrected chi connectivity index (χ0v) is 12.8. The molecular formula is C16H29N3. The van der Waals surface area contributed by atoms with Gasteiger partial charge < -0.3 is 5.32 Å². The second kappa shape index (κ2) is 7.09. The largest absolute Gasteiger partial charge is 0.314 e. The van der Waals surface area contributed by atoms with Gasteiger partial charge in [0.25, 0.3) is 0 Å². The zero-order chi connectivity index (χ0) is 13.7. The molecule has 1 aliphatic rings. The summed E-state index contributed by atoms with van der Waals surface area (Å²) >= 11 is 0. The van der Waals surface area contributed by atoms with Crippen LogP contribution in [-0.2, 0) is 19.4 Å². The van der Waals surface area contributed by atoms with Crippen molar-refractivity contribution in [3.63, 3.8) is 0 Å². The smallest absolute Gasteiger partial charge is 0.0624 e. The van der Waals surface area contributed by atoms with E-state index in [1.807, 2.05) is 0 Å². The Morgan fingerprint density at radius 1 is 1.37 bits per heavy atom. The minimum Gasteiger partial charge on any atom is -0.314 e.